The molecule has 0 spiro atoms. The molecule has 0 atom stereocenters. The molecule has 53 heavy (non-hydrogen) atoms. The zero-order valence-electron chi connectivity index (χ0n) is 28.7. The molecule has 0 saturated carbocycles. The van der Waals surface area contributed by atoms with Crippen molar-refractivity contribution in [2.45, 2.75) is 0 Å². The van der Waals surface area contributed by atoms with Gasteiger partial charge in [-0.15, -0.1) is 0 Å². The molecule has 0 N–H and O–H groups in total. The summed E-state index contributed by atoms with van der Waals surface area (Å²) in [7, 11) is 0. The van der Waals surface area contributed by atoms with E-state index in [1.165, 1.54) is 60.0 Å². The van der Waals surface area contributed by atoms with Gasteiger partial charge < -0.3 is 4.57 Å². The van der Waals surface area contributed by atoms with Gasteiger partial charge in [-0.1, -0.05) is 140 Å². The third kappa shape index (κ3) is 4.75. The van der Waals surface area contributed by atoms with Gasteiger partial charge in [-0.2, -0.15) is 0 Å². The molecule has 11 rings (SSSR count). The van der Waals surface area contributed by atoms with Crippen LogP contribution in [0.25, 0.3) is 104 Å². The predicted molar refractivity (Wildman–Crippen MR) is 223 cm³/mol. The van der Waals surface area contributed by atoms with Crippen LogP contribution in [-0.4, -0.2) is 14.5 Å². The number of hydrogen-bond donors (Lipinski definition) is 0. The molecule has 3 nitrogen and oxygen atoms in total. The molecule has 0 amide bonds. The first-order valence-corrected chi connectivity index (χ1v) is 18.1. The van der Waals surface area contributed by atoms with Crippen molar-refractivity contribution in [3.05, 3.63) is 188 Å². The molecular formula is C50H31N3. The summed E-state index contributed by atoms with van der Waals surface area (Å²) in [4.78, 5) is 10.2. The third-order valence-corrected chi connectivity index (χ3v) is 10.8. The van der Waals surface area contributed by atoms with Gasteiger partial charge in [0.25, 0.3) is 0 Å². The molecule has 0 bridgehead atoms. The van der Waals surface area contributed by atoms with Crippen molar-refractivity contribution in [3.8, 4) is 39.2 Å². The first-order valence-electron chi connectivity index (χ1n) is 18.1. The van der Waals surface area contributed by atoms with E-state index in [2.05, 4.69) is 187 Å². The molecule has 0 fully saturated rings. The average Bonchev–Trinajstić information content (AvgIpc) is 3.58. The second kappa shape index (κ2) is 11.7. The van der Waals surface area contributed by atoms with Crippen LogP contribution in [0, 0.1) is 0 Å². The number of para-hydroxylation sites is 2. The van der Waals surface area contributed by atoms with Gasteiger partial charge in [0.2, 0.25) is 0 Å². The topological polar surface area (TPSA) is 30.7 Å². The Morgan fingerprint density at radius 1 is 0.340 bits per heavy atom. The van der Waals surface area contributed by atoms with E-state index in [0.29, 0.717) is 0 Å². The maximum absolute atomic E-state index is 5.24. The summed E-state index contributed by atoms with van der Waals surface area (Å²) in [5.41, 5.74) is 12.1. The number of hydrogen-bond acceptors (Lipinski definition) is 2. The van der Waals surface area contributed by atoms with E-state index in [9.17, 15) is 0 Å². The van der Waals surface area contributed by atoms with E-state index in [4.69, 9.17) is 9.97 Å². The second-order valence-electron chi connectivity index (χ2n) is 13.8. The number of rotatable bonds is 4. The lowest BCUT2D eigenvalue weighted by Gasteiger charge is -2.12. The Kier molecular flexibility index (Phi) is 6.55. The second-order valence-corrected chi connectivity index (χ2v) is 13.8. The summed E-state index contributed by atoms with van der Waals surface area (Å²) in [6.07, 6.45) is 1.92. The van der Waals surface area contributed by atoms with Crippen molar-refractivity contribution in [2.75, 3.05) is 0 Å². The molecule has 246 valence electrons. The lowest BCUT2D eigenvalue weighted by Crippen LogP contribution is -1.94. The quantitative estimate of drug-likeness (QED) is 0.174. The van der Waals surface area contributed by atoms with Crippen LogP contribution in [0.15, 0.2) is 188 Å². The fourth-order valence-corrected chi connectivity index (χ4v) is 8.25. The van der Waals surface area contributed by atoms with E-state index in [1.807, 2.05) is 6.20 Å². The van der Waals surface area contributed by atoms with E-state index < -0.39 is 0 Å². The highest BCUT2D eigenvalue weighted by Gasteiger charge is 2.14. The van der Waals surface area contributed by atoms with Crippen molar-refractivity contribution in [3.63, 3.8) is 0 Å². The van der Waals surface area contributed by atoms with Gasteiger partial charge in [-0.25, -0.2) is 4.98 Å². The Morgan fingerprint density at radius 3 is 1.47 bits per heavy atom. The molecule has 0 unspecified atom stereocenters. The molecular weight excluding hydrogens is 643 g/mol. The lowest BCUT2D eigenvalue weighted by atomic mass is 9.96. The maximum Gasteiger partial charge on any atom is 0.0979 e. The van der Waals surface area contributed by atoms with Crippen LogP contribution < -0.4 is 0 Å². The largest absolute Gasteiger partial charge is 0.309 e. The van der Waals surface area contributed by atoms with Crippen LogP contribution in [0.3, 0.4) is 0 Å². The highest BCUT2D eigenvalue weighted by atomic mass is 15.0. The smallest absolute Gasteiger partial charge is 0.0979 e. The minimum Gasteiger partial charge on any atom is -0.309 e. The van der Waals surface area contributed by atoms with Gasteiger partial charge in [0.15, 0.2) is 0 Å². The summed E-state index contributed by atoms with van der Waals surface area (Å²) in [5, 5.41) is 9.62. The van der Waals surface area contributed by atoms with E-state index in [0.717, 1.165) is 44.3 Å². The molecule has 0 aliphatic rings. The first kappa shape index (κ1) is 29.6. The summed E-state index contributed by atoms with van der Waals surface area (Å²) < 4.78 is 2.38. The Bertz CT molecular complexity index is 3150. The number of benzene rings is 9. The van der Waals surface area contributed by atoms with Crippen LogP contribution in [0.1, 0.15) is 0 Å². The number of aromatic nitrogens is 3. The third-order valence-electron chi connectivity index (χ3n) is 10.8. The zero-order chi connectivity index (χ0) is 34.9. The standard InChI is InChI=1S/C50H31N3/c1-3-19-44-40(15-1)41-16-2-4-20-45(41)50-49(44)51-31-46(52-50)38-13-9-11-32(29-38)34-23-25-37-28-35(24-26-36(37)27-34)33-12-10-14-39(30-33)53-47-21-7-5-17-42(47)43-18-6-8-22-48(43)53/h1-31H. The fourth-order valence-electron chi connectivity index (χ4n) is 8.25. The van der Waals surface area contributed by atoms with Gasteiger partial charge in [-0.05, 0) is 86.3 Å². The summed E-state index contributed by atoms with van der Waals surface area (Å²) in [6.45, 7) is 0. The molecule has 2 aromatic heterocycles. The van der Waals surface area contributed by atoms with Crippen molar-refractivity contribution >= 4 is 65.2 Å². The summed E-state index contributed by atoms with van der Waals surface area (Å²) in [6, 6.07) is 65.4. The highest BCUT2D eigenvalue weighted by Crippen LogP contribution is 2.37. The van der Waals surface area contributed by atoms with Gasteiger partial charge in [-0.3, -0.25) is 4.98 Å². The minimum atomic E-state index is 0.869. The molecule has 2 heterocycles. The minimum absolute atomic E-state index is 0.869. The fraction of sp³-hybridized carbons (Fsp3) is 0. The Hall–Kier alpha value is -7.10. The lowest BCUT2D eigenvalue weighted by molar-refractivity contribution is 1.18. The van der Waals surface area contributed by atoms with Crippen molar-refractivity contribution in [2.24, 2.45) is 0 Å². The Labute approximate surface area is 306 Å². The van der Waals surface area contributed by atoms with Crippen LogP contribution in [-0.2, 0) is 0 Å². The molecule has 0 saturated heterocycles. The zero-order valence-corrected chi connectivity index (χ0v) is 28.7. The predicted octanol–water partition coefficient (Wildman–Crippen LogP) is 13.2. The van der Waals surface area contributed by atoms with Crippen LogP contribution in [0.2, 0.25) is 0 Å². The number of nitrogens with zero attached hydrogens (tertiary/aromatic N) is 3. The number of fused-ring (bicyclic) bond motifs is 10. The van der Waals surface area contributed by atoms with Crippen LogP contribution >= 0.6 is 0 Å². The SMILES string of the molecule is c1cc(-c2ccc3cc(-c4cccc(-n5c6ccccc6c6ccccc65)c4)ccc3c2)cc(-c2cnc3c4ccccc4c4ccccc4c3n2)c1. The van der Waals surface area contributed by atoms with Crippen molar-refractivity contribution in [1.82, 2.24) is 14.5 Å². The first-order chi connectivity index (χ1) is 26.3. The van der Waals surface area contributed by atoms with Gasteiger partial charge >= 0.3 is 0 Å². The highest BCUT2D eigenvalue weighted by molar-refractivity contribution is 6.23. The molecule has 9 aromatic carbocycles. The molecule has 3 heteroatoms. The van der Waals surface area contributed by atoms with Gasteiger partial charge in [0.1, 0.15) is 0 Å². The normalized spacial score (nSPS) is 11.8. The van der Waals surface area contributed by atoms with E-state index in [-0.39, 0.29) is 0 Å². The van der Waals surface area contributed by atoms with Gasteiger partial charge in [0, 0.05) is 32.8 Å². The monoisotopic (exact) mass is 673 g/mol. The molecule has 0 aliphatic carbocycles. The molecule has 11 aromatic rings. The van der Waals surface area contributed by atoms with E-state index in [1.54, 1.807) is 0 Å². The van der Waals surface area contributed by atoms with Crippen molar-refractivity contribution < 1.29 is 0 Å². The maximum atomic E-state index is 5.24. The average molecular weight is 674 g/mol. The van der Waals surface area contributed by atoms with Crippen LogP contribution in [0.4, 0.5) is 0 Å². The summed E-state index contributed by atoms with van der Waals surface area (Å²) in [5.74, 6) is 0. The summed E-state index contributed by atoms with van der Waals surface area (Å²) >= 11 is 0. The Balaban J connectivity index is 0.951. The Morgan fingerprint density at radius 2 is 0.830 bits per heavy atom. The van der Waals surface area contributed by atoms with Crippen molar-refractivity contribution in [1.29, 1.82) is 0 Å². The van der Waals surface area contributed by atoms with E-state index >= 15 is 0 Å². The van der Waals surface area contributed by atoms with Crippen LogP contribution in [0.5, 0.6) is 0 Å². The van der Waals surface area contributed by atoms with Gasteiger partial charge in [0.05, 0.1) is 34.0 Å². The molecule has 0 radical (unpaired) electrons. The molecule has 0 aliphatic heterocycles.